The van der Waals surface area contributed by atoms with Gasteiger partial charge in [-0.1, -0.05) is 25.1 Å². The molecule has 1 aliphatic heterocycles. The Morgan fingerprint density at radius 1 is 1.50 bits per heavy atom. The molecule has 3 nitrogen and oxygen atoms in total. The van der Waals surface area contributed by atoms with Crippen molar-refractivity contribution in [3.05, 3.63) is 29.8 Å². The van der Waals surface area contributed by atoms with Gasteiger partial charge in [-0.25, -0.2) is 0 Å². The van der Waals surface area contributed by atoms with E-state index in [1.54, 1.807) is 0 Å². The number of benzene rings is 1. The lowest BCUT2D eigenvalue weighted by atomic mass is 9.91. The minimum absolute atomic E-state index is 0. The number of amides is 1. The fraction of sp³-hybridized carbons (Fsp3) is 0.500. The first kappa shape index (κ1) is 15.0. The number of anilines is 1. The maximum absolute atomic E-state index is 12.1. The predicted molar refractivity (Wildman–Crippen MR) is 77.3 cm³/mol. The van der Waals surface area contributed by atoms with Crippen molar-refractivity contribution >= 4 is 24.0 Å². The maximum atomic E-state index is 12.1. The first-order valence-electron chi connectivity index (χ1n) is 6.24. The van der Waals surface area contributed by atoms with E-state index >= 15 is 0 Å². The molecule has 2 rings (SSSR count). The first-order valence-corrected chi connectivity index (χ1v) is 6.24. The van der Waals surface area contributed by atoms with Gasteiger partial charge in [-0.3, -0.25) is 4.79 Å². The predicted octanol–water partition coefficient (Wildman–Crippen LogP) is 2.69. The summed E-state index contributed by atoms with van der Waals surface area (Å²) in [4.78, 5) is 14.0. The molecule has 1 amide bonds. The lowest BCUT2D eigenvalue weighted by Gasteiger charge is -2.33. The van der Waals surface area contributed by atoms with Crippen molar-refractivity contribution in [2.24, 2.45) is 5.73 Å². The number of fused-ring (bicyclic) bond motifs is 1. The Morgan fingerprint density at radius 2 is 2.17 bits per heavy atom. The highest BCUT2D eigenvalue weighted by atomic mass is 35.5. The summed E-state index contributed by atoms with van der Waals surface area (Å²) in [5.74, 6) is 0.671. The van der Waals surface area contributed by atoms with Gasteiger partial charge in [0.25, 0.3) is 0 Å². The molecule has 1 heterocycles. The molecular formula is C14H21ClN2O. The molecular weight excluding hydrogens is 248 g/mol. The third kappa shape index (κ3) is 3.03. The quantitative estimate of drug-likeness (QED) is 0.896. The second-order valence-electron chi connectivity index (χ2n) is 4.98. The van der Waals surface area contributed by atoms with Crippen LogP contribution >= 0.6 is 12.4 Å². The summed E-state index contributed by atoms with van der Waals surface area (Å²) in [5.41, 5.74) is 8.04. The monoisotopic (exact) mass is 268 g/mol. The van der Waals surface area contributed by atoms with Crippen LogP contribution < -0.4 is 10.6 Å². The number of carbonyl (C=O) groups is 1. The lowest BCUT2D eigenvalue weighted by Crippen LogP contribution is -2.38. The SMILES string of the molecule is CC(N)CC(=O)N1CCC(C)c2ccccc21.Cl. The number of nitrogens with zero attached hydrogens (tertiary/aromatic N) is 1. The standard InChI is InChI=1S/C14H20N2O.ClH/c1-10-7-8-16(14(17)9-11(2)15)13-6-4-3-5-12(10)13;/h3-6,10-11H,7-9,15H2,1-2H3;1H. The molecule has 0 saturated carbocycles. The Balaban J connectivity index is 0.00000162. The van der Waals surface area contributed by atoms with E-state index in [0.29, 0.717) is 12.3 Å². The molecule has 0 fully saturated rings. The number of para-hydroxylation sites is 1. The smallest absolute Gasteiger partial charge is 0.228 e. The zero-order chi connectivity index (χ0) is 12.4. The van der Waals surface area contributed by atoms with Gasteiger partial charge in [0.15, 0.2) is 0 Å². The zero-order valence-electron chi connectivity index (χ0n) is 10.9. The highest BCUT2D eigenvalue weighted by Crippen LogP contribution is 2.34. The summed E-state index contributed by atoms with van der Waals surface area (Å²) in [5, 5.41) is 0. The molecule has 0 aliphatic carbocycles. The highest BCUT2D eigenvalue weighted by molar-refractivity contribution is 5.95. The fourth-order valence-electron chi connectivity index (χ4n) is 2.39. The van der Waals surface area contributed by atoms with E-state index in [4.69, 9.17) is 5.73 Å². The fourth-order valence-corrected chi connectivity index (χ4v) is 2.39. The molecule has 1 aromatic rings. The number of rotatable bonds is 2. The Morgan fingerprint density at radius 3 is 2.83 bits per heavy atom. The van der Waals surface area contributed by atoms with Crippen molar-refractivity contribution in [1.29, 1.82) is 0 Å². The summed E-state index contributed by atoms with van der Waals surface area (Å²) in [6.07, 6.45) is 1.45. The minimum Gasteiger partial charge on any atom is -0.327 e. The molecule has 2 atom stereocenters. The number of hydrogen-bond acceptors (Lipinski definition) is 2. The first-order chi connectivity index (χ1) is 8.09. The van der Waals surface area contributed by atoms with Gasteiger partial charge in [0.2, 0.25) is 5.91 Å². The molecule has 2 N–H and O–H groups in total. The van der Waals surface area contributed by atoms with Crippen LogP contribution in [0.1, 0.15) is 38.2 Å². The number of nitrogens with two attached hydrogens (primary N) is 1. The zero-order valence-corrected chi connectivity index (χ0v) is 11.7. The van der Waals surface area contributed by atoms with Crippen molar-refractivity contribution in [1.82, 2.24) is 0 Å². The van der Waals surface area contributed by atoms with Crippen molar-refractivity contribution in [2.75, 3.05) is 11.4 Å². The van der Waals surface area contributed by atoms with E-state index < -0.39 is 0 Å². The van der Waals surface area contributed by atoms with E-state index in [0.717, 1.165) is 18.7 Å². The van der Waals surface area contributed by atoms with Gasteiger partial charge in [-0.2, -0.15) is 0 Å². The molecule has 0 bridgehead atoms. The Hall–Kier alpha value is -1.06. The Labute approximate surface area is 115 Å². The molecule has 2 unspecified atom stereocenters. The molecule has 1 aromatic carbocycles. The van der Waals surface area contributed by atoms with Gasteiger partial charge in [-0.05, 0) is 30.9 Å². The number of hydrogen-bond donors (Lipinski definition) is 1. The third-order valence-electron chi connectivity index (χ3n) is 3.34. The van der Waals surface area contributed by atoms with E-state index in [9.17, 15) is 4.79 Å². The maximum Gasteiger partial charge on any atom is 0.228 e. The van der Waals surface area contributed by atoms with Crippen LogP contribution in [0.2, 0.25) is 0 Å². The van der Waals surface area contributed by atoms with Crippen molar-refractivity contribution < 1.29 is 4.79 Å². The largest absolute Gasteiger partial charge is 0.327 e. The topological polar surface area (TPSA) is 46.3 Å². The van der Waals surface area contributed by atoms with E-state index in [-0.39, 0.29) is 24.4 Å². The van der Waals surface area contributed by atoms with E-state index in [2.05, 4.69) is 13.0 Å². The summed E-state index contributed by atoms with van der Waals surface area (Å²) in [7, 11) is 0. The van der Waals surface area contributed by atoms with Gasteiger partial charge in [0.1, 0.15) is 0 Å². The average Bonchev–Trinajstić information content (AvgIpc) is 2.29. The summed E-state index contributed by atoms with van der Waals surface area (Å²) < 4.78 is 0. The minimum atomic E-state index is -0.0750. The average molecular weight is 269 g/mol. The van der Waals surface area contributed by atoms with E-state index in [1.807, 2.05) is 30.0 Å². The molecule has 1 aliphatic rings. The van der Waals surface area contributed by atoms with Gasteiger partial charge in [0, 0.05) is 24.7 Å². The Kier molecular flexibility index (Phi) is 5.17. The highest BCUT2D eigenvalue weighted by Gasteiger charge is 2.26. The van der Waals surface area contributed by atoms with Crippen LogP contribution in [-0.2, 0) is 4.79 Å². The van der Waals surface area contributed by atoms with Crippen LogP contribution in [0.3, 0.4) is 0 Å². The van der Waals surface area contributed by atoms with Gasteiger partial charge >= 0.3 is 0 Å². The lowest BCUT2D eigenvalue weighted by molar-refractivity contribution is -0.118. The van der Waals surface area contributed by atoms with Crippen LogP contribution in [0.15, 0.2) is 24.3 Å². The van der Waals surface area contributed by atoms with Crippen molar-refractivity contribution in [3.63, 3.8) is 0 Å². The van der Waals surface area contributed by atoms with Gasteiger partial charge < -0.3 is 10.6 Å². The van der Waals surface area contributed by atoms with Crippen LogP contribution in [0.4, 0.5) is 5.69 Å². The molecule has 0 spiro atoms. The summed E-state index contributed by atoms with van der Waals surface area (Å²) in [6.45, 7) is 4.90. The van der Waals surface area contributed by atoms with Gasteiger partial charge in [-0.15, -0.1) is 12.4 Å². The molecule has 100 valence electrons. The van der Waals surface area contributed by atoms with Gasteiger partial charge in [0.05, 0.1) is 0 Å². The van der Waals surface area contributed by atoms with E-state index in [1.165, 1.54) is 5.56 Å². The molecule has 0 radical (unpaired) electrons. The van der Waals surface area contributed by atoms with Crippen LogP contribution in [-0.4, -0.2) is 18.5 Å². The Bertz CT molecular complexity index is 420. The van der Waals surface area contributed by atoms with Crippen LogP contribution in [0.5, 0.6) is 0 Å². The second-order valence-corrected chi connectivity index (χ2v) is 4.98. The molecule has 4 heteroatoms. The van der Waals surface area contributed by atoms with Crippen LogP contribution in [0.25, 0.3) is 0 Å². The van der Waals surface area contributed by atoms with Crippen molar-refractivity contribution in [3.8, 4) is 0 Å². The summed E-state index contributed by atoms with van der Waals surface area (Å²) >= 11 is 0. The molecule has 0 saturated heterocycles. The van der Waals surface area contributed by atoms with Crippen LogP contribution in [0, 0.1) is 0 Å². The van der Waals surface area contributed by atoms with Crippen molar-refractivity contribution in [2.45, 2.75) is 38.6 Å². The normalized spacial score (nSPS) is 19.7. The third-order valence-corrected chi connectivity index (χ3v) is 3.34. The second kappa shape index (κ2) is 6.21. The number of halogens is 1. The number of carbonyl (C=O) groups excluding carboxylic acids is 1. The summed E-state index contributed by atoms with van der Waals surface area (Å²) in [6, 6.07) is 8.10. The molecule has 0 aromatic heterocycles. The molecule has 18 heavy (non-hydrogen) atoms.